The monoisotopic (exact) mass is 310 g/mol. The predicted molar refractivity (Wildman–Crippen MR) is 78.5 cm³/mol. The van der Waals surface area contributed by atoms with E-state index in [1.165, 1.54) is 0 Å². The van der Waals surface area contributed by atoms with Crippen molar-refractivity contribution in [1.82, 2.24) is 5.32 Å². The van der Waals surface area contributed by atoms with Crippen molar-refractivity contribution in [2.24, 2.45) is 10.8 Å². The summed E-state index contributed by atoms with van der Waals surface area (Å²) in [7, 11) is 0. The summed E-state index contributed by atoms with van der Waals surface area (Å²) in [5.41, 5.74) is -1.17. The Hall–Kier alpha value is 0.0600. The quantitative estimate of drug-likeness (QED) is 0.451. The van der Waals surface area contributed by atoms with Gasteiger partial charge in [-0.1, -0.05) is 34.1 Å². The van der Waals surface area contributed by atoms with E-state index >= 15 is 0 Å². The molecule has 0 saturated carbocycles. The van der Waals surface area contributed by atoms with Gasteiger partial charge in [-0.3, -0.25) is 11.1 Å². The van der Waals surface area contributed by atoms with E-state index in [2.05, 4.69) is 5.32 Å². The molecule has 0 spiro atoms. The second kappa shape index (κ2) is 11.6. The van der Waals surface area contributed by atoms with Crippen LogP contribution in [0.1, 0.15) is 54.4 Å². The number of hydrogen-bond donors (Lipinski definition) is 1. The first-order valence-corrected chi connectivity index (χ1v) is 6.94. The fraction of sp³-hybridized carbons (Fsp3) is 0.867. The van der Waals surface area contributed by atoms with Crippen LogP contribution in [0.3, 0.4) is 0 Å². The molecule has 6 heteroatoms. The van der Waals surface area contributed by atoms with E-state index in [1.807, 2.05) is 34.0 Å². The first kappa shape index (κ1) is 26.0. The summed E-state index contributed by atoms with van der Waals surface area (Å²) in [6.07, 6.45) is 3.41. The summed E-state index contributed by atoms with van der Waals surface area (Å²) in [5.74, 6) is -0.0282. The van der Waals surface area contributed by atoms with E-state index in [4.69, 9.17) is 4.74 Å². The molecule has 5 nitrogen and oxygen atoms in total. The maximum atomic E-state index is 12.1. The molecule has 0 aromatic heterocycles. The van der Waals surface area contributed by atoms with Crippen molar-refractivity contribution < 1.29 is 49.4 Å². The normalized spacial score (nSPS) is 12.7. The Morgan fingerprint density at radius 1 is 1.29 bits per heavy atom. The molecule has 0 radical (unpaired) electrons. The van der Waals surface area contributed by atoms with Gasteiger partial charge in [-0.25, -0.2) is 0 Å². The van der Waals surface area contributed by atoms with Gasteiger partial charge in [0, 0.05) is 18.6 Å². The molecule has 0 aromatic rings. The Balaban J connectivity index is -0.00000162. The van der Waals surface area contributed by atoms with Crippen LogP contribution in [0.5, 0.6) is 0 Å². The largest absolute Gasteiger partial charge is 1.00 e. The molecule has 0 aliphatic heterocycles. The minimum absolute atomic E-state index is 0. The van der Waals surface area contributed by atoms with Crippen molar-refractivity contribution in [3.8, 4) is 0 Å². The number of carbonyl (C=O) groups excluding carboxylic acids is 2. The van der Waals surface area contributed by atoms with Gasteiger partial charge in [0.25, 0.3) is 0 Å². The van der Waals surface area contributed by atoms with Gasteiger partial charge in [0.05, 0.1) is 6.10 Å². The Labute approximate surface area is 151 Å². The van der Waals surface area contributed by atoms with Crippen molar-refractivity contribution in [2.45, 2.75) is 60.5 Å². The third-order valence-corrected chi connectivity index (χ3v) is 3.06. The summed E-state index contributed by atoms with van der Waals surface area (Å²) in [6, 6.07) is 0. The van der Waals surface area contributed by atoms with E-state index < -0.39 is 10.8 Å². The molecule has 0 aromatic carbocycles. The number of nitrogens with one attached hydrogen (secondary N) is 1. The van der Waals surface area contributed by atoms with Gasteiger partial charge in [0.1, 0.15) is 0 Å². The smallest absolute Gasteiger partial charge is 0.870 e. The molecular formula is C15H29NNaO4-. The number of rotatable bonds is 9. The summed E-state index contributed by atoms with van der Waals surface area (Å²) < 4.78 is 5.40. The third kappa shape index (κ3) is 11.3. The Kier molecular flexibility index (Phi) is 14.4. The third-order valence-electron chi connectivity index (χ3n) is 3.06. The second-order valence-electron chi connectivity index (χ2n) is 6.36. The first-order valence-electron chi connectivity index (χ1n) is 6.94. The van der Waals surface area contributed by atoms with Crippen LogP contribution in [0, 0.1) is 10.8 Å². The van der Waals surface area contributed by atoms with E-state index in [0.717, 1.165) is 6.42 Å². The average Bonchev–Trinajstić information content (AvgIpc) is 2.28. The molecule has 2 N–H and O–H groups in total. The van der Waals surface area contributed by atoms with Gasteiger partial charge in [-0.15, -0.1) is 5.41 Å². The zero-order valence-electron chi connectivity index (χ0n) is 14.6. The van der Waals surface area contributed by atoms with Crippen LogP contribution in [0.2, 0.25) is 0 Å². The van der Waals surface area contributed by atoms with Crippen LogP contribution < -0.4 is 34.9 Å². The molecule has 0 aliphatic carbocycles. The maximum Gasteiger partial charge on any atom is 1.00 e. The molecule has 1 amide bonds. The van der Waals surface area contributed by atoms with Gasteiger partial charge >= 0.3 is 29.6 Å². The average molecular weight is 310 g/mol. The first-order chi connectivity index (χ1) is 8.64. The number of ether oxygens (including phenoxy) is 1. The fourth-order valence-corrected chi connectivity index (χ4v) is 2.22. The second-order valence-corrected chi connectivity index (χ2v) is 6.36. The van der Waals surface area contributed by atoms with Crippen LogP contribution in [0.25, 0.3) is 0 Å². The van der Waals surface area contributed by atoms with Crippen molar-refractivity contribution >= 4 is 12.2 Å². The number of carbonyl (C=O) groups is 1. The zero-order valence-corrected chi connectivity index (χ0v) is 16.6. The van der Waals surface area contributed by atoms with Crippen LogP contribution >= 0.6 is 0 Å². The molecule has 0 fully saturated rings. The van der Waals surface area contributed by atoms with E-state index in [0.29, 0.717) is 19.6 Å². The molecule has 21 heavy (non-hydrogen) atoms. The molecular weight excluding hydrogens is 281 g/mol. The molecule has 0 heterocycles. The van der Waals surface area contributed by atoms with Crippen molar-refractivity contribution in [3.05, 3.63) is 0 Å². The zero-order chi connectivity index (χ0) is 15.1. The summed E-state index contributed by atoms with van der Waals surface area (Å²) in [6.45, 7) is 12.5. The number of amides is 1. The van der Waals surface area contributed by atoms with Crippen molar-refractivity contribution in [3.63, 3.8) is 0 Å². The maximum absolute atomic E-state index is 12.1. The van der Waals surface area contributed by atoms with Crippen molar-refractivity contribution in [1.29, 1.82) is 0 Å². The molecule has 1 unspecified atom stereocenters. The molecule has 0 bridgehead atoms. The summed E-state index contributed by atoms with van der Waals surface area (Å²) in [4.78, 5) is 22.9. The predicted octanol–water partition coefficient (Wildman–Crippen LogP) is -0.703. The molecule has 0 saturated heterocycles. The van der Waals surface area contributed by atoms with Crippen LogP contribution in [0.15, 0.2) is 0 Å². The summed E-state index contributed by atoms with van der Waals surface area (Å²) in [5, 5.41) is 2.91. The van der Waals surface area contributed by atoms with Crippen molar-refractivity contribution in [2.75, 3.05) is 13.2 Å². The summed E-state index contributed by atoms with van der Waals surface area (Å²) >= 11 is 0. The SMILES string of the molecule is CCOC(C)CCNC(=O)C(C)(C)CC(C)(C)[C-]=O.[Na+].[OH-]. The standard InChI is InChI=1S/C15H28NO3.Na.H2O/c1-7-19-12(2)8-9-16-13(18)15(5,6)10-14(3,4)11-17;;/h12H,7-10H2,1-6H3,(H,16,18);;1H2/q-1;+1;/p-1. The minimum Gasteiger partial charge on any atom is -0.870 e. The van der Waals surface area contributed by atoms with Crippen LogP contribution in [-0.4, -0.2) is 36.9 Å². The van der Waals surface area contributed by atoms with E-state index in [-0.39, 0.29) is 47.0 Å². The van der Waals surface area contributed by atoms with Crippen LogP contribution in [-0.2, 0) is 14.3 Å². The van der Waals surface area contributed by atoms with Crippen LogP contribution in [0.4, 0.5) is 0 Å². The molecule has 0 aliphatic rings. The number of hydrogen-bond acceptors (Lipinski definition) is 4. The fourth-order valence-electron chi connectivity index (χ4n) is 2.22. The molecule has 0 rings (SSSR count). The van der Waals surface area contributed by atoms with Gasteiger partial charge < -0.3 is 20.3 Å². The molecule has 1 atom stereocenters. The van der Waals surface area contributed by atoms with Gasteiger partial charge in [0.2, 0.25) is 5.91 Å². The Bertz CT molecular complexity index is 306. The minimum atomic E-state index is -0.598. The Morgan fingerprint density at radius 2 is 1.81 bits per heavy atom. The Morgan fingerprint density at radius 3 is 2.24 bits per heavy atom. The van der Waals surface area contributed by atoms with E-state index in [1.54, 1.807) is 13.8 Å². The molecule has 120 valence electrons. The van der Waals surface area contributed by atoms with Gasteiger partial charge in [-0.05, 0) is 20.3 Å². The van der Waals surface area contributed by atoms with Gasteiger partial charge in [-0.2, -0.15) is 0 Å². The van der Waals surface area contributed by atoms with E-state index in [9.17, 15) is 9.59 Å². The van der Waals surface area contributed by atoms with Gasteiger partial charge in [0.15, 0.2) is 0 Å². The topological polar surface area (TPSA) is 85.4 Å².